The van der Waals surface area contributed by atoms with Gasteiger partial charge in [-0.1, -0.05) is 17.3 Å². The van der Waals surface area contributed by atoms with E-state index in [0.717, 1.165) is 17.8 Å². The summed E-state index contributed by atoms with van der Waals surface area (Å²) in [7, 11) is 0. The maximum Gasteiger partial charge on any atom is 0.416 e. The Morgan fingerprint density at radius 1 is 1.15 bits per heavy atom. The van der Waals surface area contributed by atoms with Crippen molar-refractivity contribution in [2.45, 2.75) is 32.5 Å². The van der Waals surface area contributed by atoms with E-state index in [-0.39, 0.29) is 24.8 Å². The Kier molecular flexibility index (Phi) is 8.26. The van der Waals surface area contributed by atoms with E-state index in [0.29, 0.717) is 43.8 Å². The molecule has 1 N–H and O–H groups in total. The van der Waals surface area contributed by atoms with Crippen LogP contribution in [0.1, 0.15) is 30.9 Å². The van der Waals surface area contributed by atoms with Crippen LogP contribution in [0, 0.1) is 5.82 Å². The summed E-state index contributed by atoms with van der Waals surface area (Å²) in [5, 5.41) is 6.79. The van der Waals surface area contributed by atoms with Crippen molar-refractivity contribution in [1.82, 2.24) is 4.90 Å². The fourth-order valence-corrected chi connectivity index (χ4v) is 3.36. The molecular formula is C23H25F4N3O3. The fraction of sp³-hybridized carbons (Fsp3) is 0.391. The van der Waals surface area contributed by atoms with E-state index in [2.05, 4.69) is 10.5 Å². The molecule has 1 amide bonds. The number of nitrogens with zero attached hydrogens (tertiary/aromatic N) is 2. The smallest absolute Gasteiger partial charge is 0.416 e. The average molecular weight is 467 g/mol. The van der Waals surface area contributed by atoms with E-state index in [1.54, 1.807) is 13.0 Å². The topological polar surface area (TPSA) is 63.2 Å². The highest BCUT2D eigenvalue weighted by Crippen LogP contribution is 2.29. The van der Waals surface area contributed by atoms with Gasteiger partial charge in [0.15, 0.2) is 0 Å². The standard InChI is InChI=1S/C23H25F4N3O3/c1-2-32-21-13-18(24)6-7-20(21)28-22(31)14-30-10-8-19(9-11-30)29-33-15-16-4-3-5-17(12-16)23(25,26)27/h3-7,12-13H,2,8-11,14-15H2,1H3,(H,28,31). The Balaban J connectivity index is 1.44. The van der Waals surface area contributed by atoms with Crippen molar-refractivity contribution < 1.29 is 31.9 Å². The van der Waals surface area contributed by atoms with Gasteiger partial charge in [-0.2, -0.15) is 13.2 Å². The predicted molar refractivity (Wildman–Crippen MR) is 116 cm³/mol. The summed E-state index contributed by atoms with van der Waals surface area (Å²) in [5.41, 5.74) is 0.855. The Morgan fingerprint density at radius 2 is 1.91 bits per heavy atom. The average Bonchev–Trinajstić information content (AvgIpc) is 2.77. The largest absolute Gasteiger partial charge is 0.492 e. The summed E-state index contributed by atoms with van der Waals surface area (Å²) in [6, 6.07) is 8.87. The molecule has 3 rings (SSSR count). The third kappa shape index (κ3) is 7.45. The third-order valence-corrected chi connectivity index (χ3v) is 5.00. The van der Waals surface area contributed by atoms with Gasteiger partial charge >= 0.3 is 6.18 Å². The molecule has 0 atom stereocenters. The van der Waals surface area contributed by atoms with Crippen LogP contribution in [0.2, 0.25) is 0 Å². The number of piperidine rings is 1. The number of amides is 1. The van der Waals surface area contributed by atoms with E-state index in [1.165, 1.54) is 24.3 Å². The summed E-state index contributed by atoms with van der Waals surface area (Å²) in [6.07, 6.45) is -3.24. The number of likely N-dealkylation sites (tertiary alicyclic amines) is 1. The number of oxime groups is 1. The van der Waals surface area contributed by atoms with Crippen molar-refractivity contribution in [2.24, 2.45) is 5.16 Å². The first-order chi connectivity index (χ1) is 15.7. The lowest BCUT2D eigenvalue weighted by Gasteiger charge is -2.26. The Labute approximate surface area is 189 Å². The molecule has 0 unspecified atom stereocenters. The molecular weight excluding hydrogens is 442 g/mol. The number of ether oxygens (including phenoxy) is 1. The van der Waals surface area contributed by atoms with Gasteiger partial charge in [0.05, 0.1) is 30.1 Å². The molecule has 1 aliphatic rings. The van der Waals surface area contributed by atoms with Gasteiger partial charge < -0.3 is 14.9 Å². The number of anilines is 1. The number of hydrogen-bond donors (Lipinski definition) is 1. The van der Waals surface area contributed by atoms with Crippen LogP contribution in [0.15, 0.2) is 47.6 Å². The zero-order valence-corrected chi connectivity index (χ0v) is 18.1. The maximum atomic E-state index is 13.4. The van der Waals surface area contributed by atoms with Crippen molar-refractivity contribution in [3.05, 3.63) is 59.4 Å². The highest BCUT2D eigenvalue weighted by atomic mass is 19.4. The van der Waals surface area contributed by atoms with Crippen molar-refractivity contribution in [1.29, 1.82) is 0 Å². The van der Waals surface area contributed by atoms with Gasteiger partial charge in [-0.15, -0.1) is 0 Å². The summed E-state index contributed by atoms with van der Waals surface area (Å²) in [5.74, 6) is -0.421. The van der Waals surface area contributed by atoms with Crippen molar-refractivity contribution in [2.75, 3.05) is 31.6 Å². The molecule has 2 aromatic carbocycles. The molecule has 10 heteroatoms. The summed E-state index contributed by atoms with van der Waals surface area (Å²) < 4.78 is 57.1. The number of rotatable bonds is 8. The molecule has 1 saturated heterocycles. The lowest BCUT2D eigenvalue weighted by molar-refractivity contribution is -0.137. The van der Waals surface area contributed by atoms with Crippen LogP contribution >= 0.6 is 0 Å². The van der Waals surface area contributed by atoms with Crippen LogP contribution < -0.4 is 10.1 Å². The molecule has 6 nitrogen and oxygen atoms in total. The Morgan fingerprint density at radius 3 is 2.61 bits per heavy atom. The van der Waals surface area contributed by atoms with Gasteiger partial charge in [-0.3, -0.25) is 9.69 Å². The number of nitrogens with one attached hydrogen (secondary N) is 1. The molecule has 2 aromatic rings. The van der Waals surface area contributed by atoms with Crippen LogP contribution in [0.4, 0.5) is 23.2 Å². The molecule has 1 heterocycles. The first-order valence-corrected chi connectivity index (χ1v) is 10.5. The minimum Gasteiger partial charge on any atom is -0.492 e. The molecule has 0 aromatic heterocycles. The number of hydrogen-bond acceptors (Lipinski definition) is 5. The minimum atomic E-state index is -4.40. The molecule has 33 heavy (non-hydrogen) atoms. The Bertz CT molecular complexity index is 985. The zero-order valence-electron chi connectivity index (χ0n) is 18.1. The molecule has 0 spiro atoms. The van der Waals surface area contributed by atoms with Gasteiger partial charge in [0.25, 0.3) is 0 Å². The second-order valence-corrected chi connectivity index (χ2v) is 7.53. The lowest BCUT2D eigenvalue weighted by atomic mass is 10.1. The zero-order chi connectivity index (χ0) is 23.8. The van der Waals surface area contributed by atoms with E-state index >= 15 is 0 Å². The fourth-order valence-electron chi connectivity index (χ4n) is 3.36. The number of alkyl halides is 3. The highest BCUT2D eigenvalue weighted by Gasteiger charge is 2.30. The van der Waals surface area contributed by atoms with Crippen molar-refractivity contribution in [3.8, 4) is 5.75 Å². The van der Waals surface area contributed by atoms with Crippen LogP contribution in [-0.2, 0) is 22.4 Å². The molecule has 0 aliphatic carbocycles. The van der Waals surface area contributed by atoms with Gasteiger partial charge in [0.1, 0.15) is 18.2 Å². The predicted octanol–water partition coefficient (Wildman–Crippen LogP) is 4.85. The molecule has 178 valence electrons. The Hall–Kier alpha value is -3.14. The van der Waals surface area contributed by atoms with E-state index < -0.39 is 17.6 Å². The van der Waals surface area contributed by atoms with Crippen molar-refractivity contribution >= 4 is 17.3 Å². The molecule has 0 bridgehead atoms. The maximum absolute atomic E-state index is 13.4. The van der Waals surface area contributed by atoms with E-state index in [4.69, 9.17) is 9.57 Å². The van der Waals surface area contributed by atoms with Crippen LogP contribution in [0.3, 0.4) is 0 Å². The number of halogens is 4. The first kappa shape index (κ1) is 24.5. The molecule has 1 aliphatic heterocycles. The van der Waals surface area contributed by atoms with Gasteiger partial charge in [0, 0.05) is 32.0 Å². The lowest BCUT2D eigenvalue weighted by Crippen LogP contribution is -2.39. The van der Waals surface area contributed by atoms with Gasteiger partial charge in [-0.05, 0) is 36.8 Å². The number of carbonyl (C=O) groups is 1. The first-order valence-electron chi connectivity index (χ1n) is 10.5. The number of benzene rings is 2. The van der Waals surface area contributed by atoms with Crippen molar-refractivity contribution in [3.63, 3.8) is 0 Å². The third-order valence-electron chi connectivity index (χ3n) is 5.00. The highest BCUT2D eigenvalue weighted by molar-refractivity contribution is 5.94. The number of carbonyl (C=O) groups excluding carboxylic acids is 1. The normalized spacial score (nSPS) is 14.6. The van der Waals surface area contributed by atoms with E-state index in [1.807, 2.05) is 4.90 Å². The SMILES string of the molecule is CCOc1cc(F)ccc1NC(=O)CN1CCC(=NOCc2cccc(C(F)(F)F)c2)CC1. The second kappa shape index (κ2) is 11.1. The summed E-state index contributed by atoms with van der Waals surface area (Å²) in [4.78, 5) is 19.6. The summed E-state index contributed by atoms with van der Waals surface area (Å²) in [6.45, 7) is 3.38. The quantitative estimate of drug-likeness (QED) is 0.445. The van der Waals surface area contributed by atoms with Crippen LogP contribution in [0.25, 0.3) is 0 Å². The second-order valence-electron chi connectivity index (χ2n) is 7.53. The van der Waals surface area contributed by atoms with Gasteiger partial charge in [0.2, 0.25) is 5.91 Å². The molecule has 0 radical (unpaired) electrons. The molecule has 0 saturated carbocycles. The van der Waals surface area contributed by atoms with Crippen LogP contribution in [-0.4, -0.2) is 42.8 Å². The van der Waals surface area contributed by atoms with Crippen LogP contribution in [0.5, 0.6) is 5.75 Å². The van der Waals surface area contributed by atoms with Gasteiger partial charge in [-0.25, -0.2) is 4.39 Å². The summed E-state index contributed by atoms with van der Waals surface area (Å²) >= 11 is 0. The monoisotopic (exact) mass is 467 g/mol. The molecule has 1 fully saturated rings. The minimum absolute atomic E-state index is 0.0562. The van der Waals surface area contributed by atoms with E-state index in [9.17, 15) is 22.4 Å².